The highest BCUT2D eigenvalue weighted by Gasteiger charge is 2.40. The second-order valence-electron chi connectivity index (χ2n) is 5.63. The second-order valence-corrected chi connectivity index (χ2v) is 5.63. The highest BCUT2D eigenvalue weighted by Crippen LogP contribution is 2.48. The minimum absolute atomic E-state index is 0.373. The van der Waals surface area contributed by atoms with E-state index >= 15 is 0 Å². The Bertz CT molecular complexity index is 402. The summed E-state index contributed by atoms with van der Waals surface area (Å²) in [6.45, 7) is 7.53. The van der Waals surface area contributed by atoms with Crippen LogP contribution >= 0.6 is 0 Å². The van der Waals surface area contributed by atoms with Gasteiger partial charge in [0.1, 0.15) is 5.82 Å². The van der Waals surface area contributed by atoms with E-state index in [9.17, 15) is 0 Å². The van der Waals surface area contributed by atoms with Crippen LogP contribution < -0.4 is 11.1 Å². The lowest BCUT2D eigenvalue weighted by atomic mass is 10.0. The Hall–Kier alpha value is -1.19. The number of hydrogen-bond donors (Lipinski definition) is 2. The van der Waals surface area contributed by atoms with Crippen molar-refractivity contribution in [2.45, 2.75) is 46.0 Å². The van der Waals surface area contributed by atoms with E-state index in [-0.39, 0.29) is 0 Å². The van der Waals surface area contributed by atoms with Crippen molar-refractivity contribution in [2.24, 2.45) is 12.5 Å². The topological polar surface area (TPSA) is 55.9 Å². The van der Waals surface area contributed by atoms with Crippen molar-refractivity contribution in [3.63, 3.8) is 0 Å². The number of nitrogens with two attached hydrogens (primary N) is 1. The molecule has 0 bridgehead atoms. The summed E-state index contributed by atoms with van der Waals surface area (Å²) < 4.78 is 1.87. The molecule has 0 aliphatic heterocycles. The molecule has 96 valence electrons. The van der Waals surface area contributed by atoms with Gasteiger partial charge in [0.15, 0.2) is 0 Å². The Kier molecular flexibility index (Phi) is 3.06. The van der Waals surface area contributed by atoms with E-state index in [1.807, 2.05) is 11.7 Å². The third kappa shape index (κ3) is 2.26. The van der Waals surface area contributed by atoms with Crippen molar-refractivity contribution in [1.29, 1.82) is 0 Å². The molecule has 0 spiro atoms. The van der Waals surface area contributed by atoms with E-state index in [2.05, 4.69) is 31.2 Å². The molecule has 1 fully saturated rings. The number of nitrogen functional groups attached to an aromatic ring is 1. The number of aryl methyl sites for hydroxylation is 1. The predicted octanol–water partition coefficient (Wildman–Crippen LogP) is 2.73. The van der Waals surface area contributed by atoms with Crippen LogP contribution in [0.3, 0.4) is 0 Å². The first-order valence-electron chi connectivity index (χ1n) is 6.55. The number of nitrogens with one attached hydrogen (secondary N) is 1. The first-order valence-corrected chi connectivity index (χ1v) is 6.55. The Balaban J connectivity index is 2.10. The van der Waals surface area contributed by atoms with Crippen LogP contribution in [0.15, 0.2) is 0 Å². The minimum atomic E-state index is 0.373. The first-order chi connectivity index (χ1) is 7.99. The van der Waals surface area contributed by atoms with Crippen LogP contribution in [0.2, 0.25) is 0 Å². The summed E-state index contributed by atoms with van der Waals surface area (Å²) in [7, 11) is 1.95. The van der Waals surface area contributed by atoms with Gasteiger partial charge in [0, 0.05) is 13.6 Å². The van der Waals surface area contributed by atoms with Crippen molar-refractivity contribution in [3.8, 4) is 0 Å². The molecule has 0 saturated heterocycles. The summed E-state index contributed by atoms with van der Waals surface area (Å²) in [4.78, 5) is 0. The summed E-state index contributed by atoms with van der Waals surface area (Å²) >= 11 is 0. The second kappa shape index (κ2) is 4.24. The van der Waals surface area contributed by atoms with Gasteiger partial charge in [-0.05, 0) is 30.6 Å². The molecule has 0 atom stereocenters. The van der Waals surface area contributed by atoms with E-state index in [0.717, 1.165) is 23.7 Å². The molecule has 1 aromatic rings. The highest BCUT2D eigenvalue weighted by atomic mass is 15.3. The van der Waals surface area contributed by atoms with Crippen LogP contribution in [0.4, 0.5) is 11.5 Å². The van der Waals surface area contributed by atoms with Crippen molar-refractivity contribution in [1.82, 2.24) is 9.78 Å². The molecular weight excluding hydrogens is 212 g/mol. The Labute approximate surface area is 104 Å². The highest BCUT2D eigenvalue weighted by molar-refractivity contribution is 5.65. The zero-order valence-electron chi connectivity index (χ0n) is 11.4. The smallest absolute Gasteiger partial charge is 0.147 e. The largest absolute Gasteiger partial charge is 0.394 e. The number of aromatic nitrogens is 2. The predicted molar refractivity (Wildman–Crippen MR) is 72.2 cm³/mol. The molecule has 4 nitrogen and oxygen atoms in total. The fraction of sp³-hybridized carbons (Fsp3) is 0.769. The average Bonchev–Trinajstić information content (AvgIpc) is 3.00. The quantitative estimate of drug-likeness (QED) is 0.826. The van der Waals surface area contributed by atoms with Crippen LogP contribution in [0.25, 0.3) is 0 Å². The molecule has 0 amide bonds. The fourth-order valence-electron chi connectivity index (χ4n) is 2.30. The molecule has 4 heteroatoms. The lowest BCUT2D eigenvalue weighted by molar-refractivity contribution is 0.519. The van der Waals surface area contributed by atoms with Gasteiger partial charge in [-0.3, -0.25) is 4.68 Å². The Morgan fingerprint density at radius 3 is 2.53 bits per heavy atom. The Morgan fingerprint density at radius 2 is 2.12 bits per heavy atom. The first kappa shape index (κ1) is 12.3. The van der Waals surface area contributed by atoms with Gasteiger partial charge in [0.05, 0.1) is 11.4 Å². The molecule has 0 aromatic carbocycles. The van der Waals surface area contributed by atoms with Gasteiger partial charge < -0.3 is 11.1 Å². The van der Waals surface area contributed by atoms with Gasteiger partial charge >= 0.3 is 0 Å². The number of hydrogen-bond acceptors (Lipinski definition) is 3. The van der Waals surface area contributed by atoms with Crippen molar-refractivity contribution < 1.29 is 0 Å². The van der Waals surface area contributed by atoms with Gasteiger partial charge in [-0.2, -0.15) is 5.10 Å². The van der Waals surface area contributed by atoms with Gasteiger partial charge in [0.2, 0.25) is 0 Å². The van der Waals surface area contributed by atoms with E-state index in [1.54, 1.807) is 0 Å². The molecule has 2 rings (SSSR count). The van der Waals surface area contributed by atoms with Gasteiger partial charge in [-0.1, -0.05) is 20.8 Å². The summed E-state index contributed by atoms with van der Waals surface area (Å²) in [5.74, 6) is 1.35. The number of nitrogens with zero attached hydrogens (tertiary/aromatic N) is 2. The zero-order valence-corrected chi connectivity index (χ0v) is 11.4. The maximum absolute atomic E-state index is 6.15. The van der Waals surface area contributed by atoms with Crippen LogP contribution in [0.5, 0.6) is 0 Å². The summed E-state index contributed by atoms with van der Waals surface area (Å²) in [6.07, 6.45) is 3.92. The number of anilines is 2. The molecular formula is C13H24N4. The lowest BCUT2D eigenvalue weighted by Gasteiger charge is -2.15. The summed E-state index contributed by atoms with van der Waals surface area (Å²) in [5.41, 5.74) is 8.48. The van der Waals surface area contributed by atoms with Gasteiger partial charge in [-0.25, -0.2) is 0 Å². The zero-order chi connectivity index (χ0) is 12.6. The molecule has 17 heavy (non-hydrogen) atoms. The van der Waals surface area contributed by atoms with Crippen LogP contribution in [-0.4, -0.2) is 16.3 Å². The SMILES string of the molecule is CCC1(CNc2c(N)c(C(C)C)nn2C)CC1. The average molecular weight is 236 g/mol. The molecule has 1 aliphatic carbocycles. The standard InChI is InChI=1S/C13H24N4/c1-5-13(6-7-13)8-15-12-10(14)11(9(2)3)16-17(12)4/h9,15H,5-8,14H2,1-4H3. The van der Waals surface area contributed by atoms with Crippen LogP contribution in [0, 0.1) is 5.41 Å². The summed E-state index contributed by atoms with van der Waals surface area (Å²) in [6, 6.07) is 0. The third-order valence-electron chi connectivity index (χ3n) is 4.00. The molecule has 0 unspecified atom stereocenters. The van der Waals surface area contributed by atoms with E-state index in [1.165, 1.54) is 19.3 Å². The monoisotopic (exact) mass is 236 g/mol. The molecule has 1 heterocycles. The molecule has 1 aliphatic rings. The fourth-order valence-corrected chi connectivity index (χ4v) is 2.30. The van der Waals surface area contributed by atoms with E-state index < -0.39 is 0 Å². The maximum Gasteiger partial charge on any atom is 0.147 e. The third-order valence-corrected chi connectivity index (χ3v) is 4.00. The normalized spacial score (nSPS) is 17.5. The van der Waals surface area contributed by atoms with Gasteiger partial charge in [0.25, 0.3) is 0 Å². The van der Waals surface area contributed by atoms with Gasteiger partial charge in [-0.15, -0.1) is 0 Å². The van der Waals surface area contributed by atoms with E-state index in [0.29, 0.717) is 11.3 Å². The molecule has 1 saturated carbocycles. The van der Waals surface area contributed by atoms with Crippen molar-refractivity contribution in [2.75, 3.05) is 17.6 Å². The van der Waals surface area contributed by atoms with Crippen molar-refractivity contribution >= 4 is 11.5 Å². The molecule has 1 aromatic heterocycles. The molecule has 3 N–H and O–H groups in total. The maximum atomic E-state index is 6.15. The summed E-state index contributed by atoms with van der Waals surface area (Å²) in [5, 5.41) is 7.97. The van der Waals surface area contributed by atoms with Crippen molar-refractivity contribution in [3.05, 3.63) is 5.69 Å². The number of rotatable bonds is 5. The van der Waals surface area contributed by atoms with E-state index in [4.69, 9.17) is 5.73 Å². The van der Waals surface area contributed by atoms with Crippen LogP contribution in [-0.2, 0) is 7.05 Å². The minimum Gasteiger partial charge on any atom is -0.394 e. The molecule has 0 radical (unpaired) electrons. The lowest BCUT2D eigenvalue weighted by Crippen LogP contribution is -2.17. The Morgan fingerprint density at radius 1 is 1.47 bits per heavy atom. The van der Waals surface area contributed by atoms with Crippen LogP contribution in [0.1, 0.15) is 51.6 Å².